The molecular weight excluding hydrogens is 196 g/mol. The summed E-state index contributed by atoms with van der Waals surface area (Å²) in [5.41, 5.74) is 1.35. The van der Waals surface area contributed by atoms with Crippen molar-refractivity contribution in [2.75, 3.05) is 24.5 Å². The summed E-state index contributed by atoms with van der Waals surface area (Å²) in [5.74, 6) is 0. The van der Waals surface area contributed by atoms with Crippen LogP contribution in [0.2, 0.25) is 0 Å². The first-order chi connectivity index (χ1) is 7.90. The Morgan fingerprint density at radius 2 is 1.94 bits per heavy atom. The van der Waals surface area contributed by atoms with Crippen molar-refractivity contribution in [3.05, 3.63) is 43.0 Å². The highest BCUT2D eigenvalue weighted by atomic mass is 15.1. The van der Waals surface area contributed by atoms with Gasteiger partial charge in [-0.05, 0) is 25.0 Å². The molecule has 0 bridgehead atoms. The number of piperidine rings is 1. The van der Waals surface area contributed by atoms with Crippen LogP contribution in [0.15, 0.2) is 43.0 Å². The zero-order chi connectivity index (χ0) is 11.2. The van der Waals surface area contributed by atoms with Gasteiger partial charge < -0.3 is 10.2 Å². The maximum atomic E-state index is 3.73. The minimum absolute atomic E-state index is 0.665. The molecule has 1 aliphatic heterocycles. The Balaban J connectivity index is 1.83. The predicted octanol–water partition coefficient (Wildman–Crippen LogP) is 2.43. The molecule has 1 aromatic rings. The molecule has 86 valence electrons. The monoisotopic (exact) mass is 216 g/mol. The molecule has 2 nitrogen and oxygen atoms in total. The van der Waals surface area contributed by atoms with Crippen LogP contribution in [0, 0.1) is 0 Å². The number of para-hydroxylation sites is 1. The van der Waals surface area contributed by atoms with Crippen molar-refractivity contribution in [2.24, 2.45) is 0 Å². The Morgan fingerprint density at radius 3 is 2.56 bits per heavy atom. The van der Waals surface area contributed by atoms with Crippen LogP contribution in [0.25, 0.3) is 0 Å². The van der Waals surface area contributed by atoms with E-state index in [9.17, 15) is 0 Å². The molecule has 1 saturated heterocycles. The highest BCUT2D eigenvalue weighted by Gasteiger charge is 2.17. The molecular formula is C14H20N2. The van der Waals surface area contributed by atoms with E-state index in [1.165, 1.54) is 18.5 Å². The topological polar surface area (TPSA) is 15.3 Å². The van der Waals surface area contributed by atoms with Gasteiger partial charge in [-0.25, -0.2) is 0 Å². The van der Waals surface area contributed by atoms with E-state index in [1.807, 2.05) is 6.08 Å². The van der Waals surface area contributed by atoms with Crippen molar-refractivity contribution in [1.82, 2.24) is 5.32 Å². The fraction of sp³-hybridized carbons (Fsp3) is 0.429. The SMILES string of the molecule is C=CCNC1CCN(c2ccccc2)CC1. The van der Waals surface area contributed by atoms with Crippen LogP contribution in [0.5, 0.6) is 0 Å². The highest BCUT2D eigenvalue weighted by molar-refractivity contribution is 5.46. The second-order valence-electron chi connectivity index (χ2n) is 4.29. The van der Waals surface area contributed by atoms with E-state index in [-0.39, 0.29) is 0 Å². The van der Waals surface area contributed by atoms with E-state index in [2.05, 4.69) is 47.1 Å². The summed E-state index contributed by atoms with van der Waals surface area (Å²) in [4.78, 5) is 2.46. The number of hydrogen-bond acceptors (Lipinski definition) is 2. The Hall–Kier alpha value is -1.28. The molecule has 0 amide bonds. The second-order valence-corrected chi connectivity index (χ2v) is 4.29. The normalized spacial score (nSPS) is 17.4. The van der Waals surface area contributed by atoms with Gasteiger partial charge in [0.2, 0.25) is 0 Å². The Labute approximate surface area is 98.0 Å². The van der Waals surface area contributed by atoms with Crippen molar-refractivity contribution in [2.45, 2.75) is 18.9 Å². The van der Waals surface area contributed by atoms with E-state index >= 15 is 0 Å². The average molecular weight is 216 g/mol. The first-order valence-corrected chi connectivity index (χ1v) is 6.04. The zero-order valence-electron chi connectivity index (χ0n) is 9.73. The smallest absolute Gasteiger partial charge is 0.0366 e. The lowest BCUT2D eigenvalue weighted by atomic mass is 10.0. The summed E-state index contributed by atoms with van der Waals surface area (Å²) >= 11 is 0. The summed E-state index contributed by atoms with van der Waals surface area (Å²) in [7, 11) is 0. The van der Waals surface area contributed by atoms with Crippen LogP contribution in [0.3, 0.4) is 0 Å². The molecule has 16 heavy (non-hydrogen) atoms. The van der Waals surface area contributed by atoms with Gasteiger partial charge in [-0.3, -0.25) is 0 Å². The standard InChI is InChI=1S/C14H20N2/c1-2-10-15-13-8-11-16(12-9-13)14-6-4-3-5-7-14/h2-7,13,15H,1,8-12H2. The Bertz CT molecular complexity index is 313. The second kappa shape index (κ2) is 5.71. The molecule has 1 heterocycles. The van der Waals surface area contributed by atoms with Gasteiger partial charge in [-0.1, -0.05) is 24.3 Å². The minimum Gasteiger partial charge on any atom is -0.371 e. The van der Waals surface area contributed by atoms with Crippen LogP contribution >= 0.6 is 0 Å². The van der Waals surface area contributed by atoms with Crippen molar-refractivity contribution in [3.63, 3.8) is 0 Å². The lowest BCUT2D eigenvalue weighted by Crippen LogP contribution is -2.42. The molecule has 1 aromatic carbocycles. The third-order valence-corrected chi connectivity index (χ3v) is 3.17. The van der Waals surface area contributed by atoms with Crippen LogP contribution in [-0.4, -0.2) is 25.7 Å². The Kier molecular flexibility index (Phi) is 4.00. The third kappa shape index (κ3) is 2.86. The van der Waals surface area contributed by atoms with Crippen LogP contribution in [0.1, 0.15) is 12.8 Å². The molecule has 1 fully saturated rings. The number of benzene rings is 1. The molecule has 0 aliphatic carbocycles. The van der Waals surface area contributed by atoms with Gasteiger partial charge >= 0.3 is 0 Å². The molecule has 1 N–H and O–H groups in total. The van der Waals surface area contributed by atoms with Crippen LogP contribution in [0.4, 0.5) is 5.69 Å². The highest BCUT2D eigenvalue weighted by Crippen LogP contribution is 2.19. The van der Waals surface area contributed by atoms with Crippen LogP contribution < -0.4 is 10.2 Å². The van der Waals surface area contributed by atoms with Crippen molar-refractivity contribution < 1.29 is 0 Å². The number of nitrogens with one attached hydrogen (secondary N) is 1. The van der Waals surface area contributed by atoms with Gasteiger partial charge in [0.05, 0.1) is 0 Å². The van der Waals surface area contributed by atoms with Gasteiger partial charge in [0.25, 0.3) is 0 Å². The van der Waals surface area contributed by atoms with Gasteiger partial charge in [-0.2, -0.15) is 0 Å². The number of anilines is 1. The van der Waals surface area contributed by atoms with Crippen molar-refractivity contribution in [3.8, 4) is 0 Å². The molecule has 1 aliphatic rings. The molecule has 0 unspecified atom stereocenters. The third-order valence-electron chi connectivity index (χ3n) is 3.17. The predicted molar refractivity (Wildman–Crippen MR) is 69.9 cm³/mol. The molecule has 0 aromatic heterocycles. The molecule has 0 atom stereocenters. The summed E-state index contributed by atoms with van der Waals surface area (Å²) in [6.07, 6.45) is 4.38. The maximum Gasteiger partial charge on any atom is 0.0366 e. The molecule has 0 radical (unpaired) electrons. The summed E-state index contributed by atoms with van der Waals surface area (Å²) in [5, 5.41) is 3.50. The zero-order valence-corrected chi connectivity index (χ0v) is 9.73. The van der Waals surface area contributed by atoms with Gasteiger partial charge in [0.15, 0.2) is 0 Å². The first-order valence-electron chi connectivity index (χ1n) is 6.04. The van der Waals surface area contributed by atoms with E-state index in [0.717, 1.165) is 19.6 Å². The van der Waals surface area contributed by atoms with Crippen LogP contribution in [-0.2, 0) is 0 Å². The largest absolute Gasteiger partial charge is 0.371 e. The molecule has 2 heteroatoms. The Morgan fingerprint density at radius 1 is 1.25 bits per heavy atom. The van der Waals surface area contributed by atoms with Gasteiger partial charge in [0, 0.05) is 31.4 Å². The fourth-order valence-electron chi connectivity index (χ4n) is 2.23. The van der Waals surface area contributed by atoms with E-state index < -0.39 is 0 Å². The number of hydrogen-bond donors (Lipinski definition) is 1. The lowest BCUT2D eigenvalue weighted by Gasteiger charge is -2.33. The van der Waals surface area contributed by atoms with E-state index in [4.69, 9.17) is 0 Å². The fourth-order valence-corrected chi connectivity index (χ4v) is 2.23. The van der Waals surface area contributed by atoms with Crippen molar-refractivity contribution in [1.29, 1.82) is 0 Å². The molecule has 2 rings (SSSR count). The summed E-state index contributed by atoms with van der Waals surface area (Å²) in [6.45, 7) is 6.96. The van der Waals surface area contributed by atoms with Crippen molar-refractivity contribution >= 4 is 5.69 Å². The summed E-state index contributed by atoms with van der Waals surface area (Å²) in [6, 6.07) is 11.3. The minimum atomic E-state index is 0.665. The summed E-state index contributed by atoms with van der Waals surface area (Å²) < 4.78 is 0. The maximum absolute atomic E-state index is 3.73. The lowest BCUT2D eigenvalue weighted by molar-refractivity contribution is 0.430. The van der Waals surface area contributed by atoms with E-state index in [1.54, 1.807) is 0 Å². The quantitative estimate of drug-likeness (QED) is 0.778. The molecule has 0 saturated carbocycles. The first kappa shape index (κ1) is 11.2. The van der Waals surface area contributed by atoms with Gasteiger partial charge in [0.1, 0.15) is 0 Å². The number of rotatable bonds is 4. The number of nitrogens with zero attached hydrogens (tertiary/aromatic N) is 1. The average Bonchev–Trinajstić information content (AvgIpc) is 2.38. The van der Waals surface area contributed by atoms with E-state index in [0.29, 0.717) is 6.04 Å². The van der Waals surface area contributed by atoms with Gasteiger partial charge in [-0.15, -0.1) is 6.58 Å². The molecule has 0 spiro atoms.